The van der Waals surface area contributed by atoms with Crippen LogP contribution in [0.2, 0.25) is 5.02 Å². The van der Waals surface area contributed by atoms with Gasteiger partial charge in [0, 0.05) is 5.02 Å². The molecule has 0 aromatic heterocycles. The van der Waals surface area contributed by atoms with Crippen LogP contribution < -0.4 is 0 Å². The van der Waals surface area contributed by atoms with Gasteiger partial charge < -0.3 is 5.11 Å². The van der Waals surface area contributed by atoms with Gasteiger partial charge in [-0.3, -0.25) is 0 Å². The molecule has 0 unspecified atom stereocenters. The van der Waals surface area contributed by atoms with Gasteiger partial charge in [0.2, 0.25) is 0 Å². The largest absolute Gasteiger partial charge is 0.390 e. The van der Waals surface area contributed by atoms with Crippen molar-refractivity contribution in [2.75, 3.05) is 0 Å². The molecule has 78 valence electrons. The van der Waals surface area contributed by atoms with Crippen LogP contribution in [0.4, 0.5) is 4.39 Å². The molecule has 0 fully saturated rings. The van der Waals surface area contributed by atoms with E-state index in [2.05, 4.69) is 0 Å². The van der Waals surface area contributed by atoms with E-state index in [1.54, 1.807) is 19.9 Å². The minimum Gasteiger partial charge on any atom is -0.390 e. The summed E-state index contributed by atoms with van der Waals surface area (Å²) in [4.78, 5) is 0. The monoisotopic (exact) mass is 216 g/mol. The highest BCUT2D eigenvalue weighted by Gasteiger charge is 2.13. The molecule has 0 saturated heterocycles. The van der Waals surface area contributed by atoms with Gasteiger partial charge >= 0.3 is 0 Å². The first-order chi connectivity index (χ1) is 6.38. The number of halogens is 2. The Balaban J connectivity index is 2.72. The van der Waals surface area contributed by atoms with Crippen LogP contribution in [-0.2, 0) is 6.42 Å². The predicted octanol–water partition coefficient (Wildman–Crippen LogP) is 3.18. The molecule has 0 aliphatic heterocycles. The summed E-state index contributed by atoms with van der Waals surface area (Å²) in [7, 11) is 0. The zero-order chi connectivity index (χ0) is 10.8. The Kier molecular flexibility index (Phi) is 3.51. The molecular formula is C11H14ClFO. The molecule has 0 amide bonds. The molecule has 0 bridgehead atoms. The van der Waals surface area contributed by atoms with Crippen molar-refractivity contribution in [3.8, 4) is 0 Å². The Morgan fingerprint density at radius 2 is 2.07 bits per heavy atom. The predicted molar refractivity (Wildman–Crippen MR) is 56.0 cm³/mol. The van der Waals surface area contributed by atoms with Crippen molar-refractivity contribution in [3.63, 3.8) is 0 Å². The molecular weight excluding hydrogens is 203 g/mol. The second-order valence-electron chi connectivity index (χ2n) is 4.05. The first-order valence-electron chi connectivity index (χ1n) is 4.55. The molecule has 0 heterocycles. The van der Waals surface area contributed by atoms with Crippen molar-refractivity contribution >= 4 is 11.6 Å². The maximum atomic E-state index is 13.2. The Morgan fingerprint density at radius 3 is 2.64 bits per heavy atom. The molecule has 0 saturated carbocycles. The molecule has 1 N–H and O–H groups in total. The fourth-order valence-electron chi connectivity index (χ4n) is 1.18. The standard InChI is InChI=1S/C11H14ClFO/c1-11(2,14)6-5-8-7-9(12)3-4-10(8)13/h3-4,7,14H,5-6H2,1-2H3. The van der Waals surface area contributed by atoms with Crippen LogP contribution >= 0.6 is 11.6 Å². The van der Waals surface area contributed by atoms with Gasteiger partial charge in [0.05, 0.1) is 5.60 Å². The highest BCUT2D eigenvalue weighted by molar-refractivity contribution is 6.30. The lowest BCUT2D eigenvalue weighted by atomic mass is 9.99. The normalized spacial score (nSPS) is 11.8. The number of rotatable bonds is 3. The fourth-order valence-corrected chi connectivity index (χ4v) is 1.37. The summed E-state index contributed by atoms with van der Waals surface area (Å²) in [6.45, 7) is 3.41. The van der Waals surface area contributed by atoms with Crippen LogP contribution in [0.25, 0.3) is 0 Å². The first-order valence-corrected chi connectivity index (χ1v) is 4.92. The molecule has 14 heavy (non-hydrogen) atoms. The number of benzene rings is 1. The Morgan fingerprint density at radius 1 is 1.43 bits per heavy atom. The minimum atomic E-state index is -0.769. The molecule has 1 aromatic carbocycles. The third-order valence-corrected chi connectivity index (χ3v) is 2.25. The summed E-state index contributed by atoms with van der Waals surface area (Å²) in [5.74, 6) is -0.265. The van der Waals surface area contributed by atoms with E-state index in [9.17, 15) is 9.50 Å². The summed E-state index contributed by atoms with van der Waals surface area (Å²) in [5.41, 5.74) is -0.214. The highest BCUT2D eigenvalue weighted by atomic mass is 35.5. The van der Waals surface area contributed by atoms with Gasteiger partial charge in [0.1, 0.15) is 5.82 Å². The van der Waals surface area contributed by atoms with E-state index in [-0.39, 0.29) is 5.82 Å². The van der Waals surface area contributed by atoms with Crippen molar-refractivity contribution in [3.05, 3.63) is 34.6 Å². The van der Waals surface area contributed by atoms with Crippen LogP contribution in [0, 0.1) is 5.82 Å². The summed E-state index contributed by atoms with van der Waals surface area (Å²) < 4.78 is 13.2. The van der Waals surface area contributed by atoms with Crippen molar-refractivity contribution in [1.29, 1.82) is 0 Å². The van der Waals surface area contributed by atoms with E-state index < -0.39 is 5.60 Å². The third kappa shape index (κ3) is 3.64. The topological polar surface area (TPSA) is 20.2 Å². The molecule has 0 aliphatic carbocycles. The molecule has 0 radical (unpaired) electrons. The second kappa shape index (κ2) is 4.28. The van der Waals surface area contributed by atoms with Gasteiger partial charge in [-0.15, -0.1) is 0 Å². The quantitative estimate of drug-likeness (QED) is 0.823. The Hall–Kier alpha value is -0.600. The maximum absolute atomic E-state index is 13.2. The van der Waals surface area contributed by atoms with E-state index in [0.29, 0.717) is 23.4 Å². The van der Waals surface area contributed by atoms with Gasteiger partial charge in [-0.05, 0) is 50.5 Å². The number of hydrogen-bond acceptors (Lipinski definition) is 1. The Bertz CT molecular complexity index is 318. The summed E-state index contributed by atoms with van der Waals surface area (Å²) in [6, 6.07) is 4.47. The zero-order valence-corrected chi connectivity index (χ0v) is 9.11. The lowest BCUT2D eigenvalue weighted by molar-refractivity contribution is 0.0712. The number of aryl methyl sites for hydroxylation is 1. The fraction of sp³-hybridized carbons (Fsp3) is 0.455. The van der Waals surface area contributed by atoms with Gasteiger partial charge in [0.15, 0.2) is 0 Å². The van der Waals surface area contributed by atoms with Crippen molar-refractivity contribution < 1.29 is 9.50 Å². The van der Waals surface area contributed by atoms with Crippen LogP contribution in [0.1, 0.15) is 25.8 Å². The minimum absolute atomic E-state index is 0.265. The summed E-state index contributed by atoms with van der Waals surface area (Å²) >= 11 is 5.74. The van der Waals surface area contributed by atoms with Gasteiger partial charge in [-0.1, -0.05) is 11.6 Å². The third-order valence-electron chi connectivity index (χ3n) is 2.01. The second-order valence-corrected chi connectivity index (χ2v) is 4.48. The summed E-state index contributed by atoms with van der Waals surface area (Å²) in [6.07, 6.45) is 1.01. The molecule has 0 spiro atoms. The average molecular weight is 217 g/mol. The van der Waals surface area contributed by atoms with E-state index >= 15 is 0 Å². The SMILES string of the molecule is CC(C)(O)CCc1cc(Cl)ccc1F. The van der Waals surface area contributed by atoms with Crippen molar-refractivity contribution in [1.82, 2.24) is 0 Å². The van der Waals surface area contributed by atoms with Crippen molar-refractivity contribution in [2.45, 2.75) is 32.3 Å². The zero-order valence-electron chi connectivity index (χ0n) is 8.35. The van der Waals surface area contributed by atoms with Gasteiger partial charge in [0.25, 0.3) is 0 Å². The van der Waals surface area contributed by atoms with E-state index in [4.69, 9.17) is 11.6 Å². The van der Waals surface area contributed by atoms with Crippen LogP contribution in [0.3, 0.4) is 0 Å². The van der Waals surface area contributed by atoms with Crippen LogP contribution in [0.5, 0.6) is 0 Å². The summed E-state index contributed by atoms with van der Waals surface area (Å²) in [5, 5.41) is 10.0. The number of aliphatic hydroxyl groups is 1. The van der Waals surface area contributed by atoms with E-state index in [0.717, 1.165) is 0 Å². The van der Waals surface area contributed by atoms with Gasteiger partial charge in [-0.2, -0.15) is 0 Å². The molecule has 3 heteroatoms. The lowest BCUT2D eigenvalue weighted by Gasteiger charge is -2.16. The van der Waals surface area contributed by atoms with Gasteiger partial charge in [-0.25, -0.2) is 4.39 Å². The molecule has 0 aliphatic rings. The van der Waals surface area contributed by atoms with E-state index in [1.807, 2.05) is 0 Å². The van der Waals surface area contributed by atoms with Crippen molar-refractivity contribution in [2.24, 2.45) is 0 Å². The first kappa shape index (κ1) is 11.5. The smallest absolute Gasteiger partial charge is 0.126 e. The molecule has 1 nitrogen and oxygen atoms in total. The highest BCUT2D eigenvalue weighted by Crippen LogP contribution is 2.19. The van der Waals surface area contributed by atoms with E-state index in [1.165, 1.54) is 12.1 Å². The average Bonchev–Trinajstić information content (AvgIpc) is 2.05. The Labute approximate surface area is 88.5 Å². The van der Waals surface area contributed by atoms with Crippen LogP contribution in [-0.4, -0.2) is 10.7 Å². The maximum Gasteiger partial charge on any atom is 0.126 e. The molecule has 1 rings (SSSR count). The number of hydrogen-bond donors (Lipinski definition) is 1. The molecule has 1 aromatic rings. The molecule has 0 atom stereocenters. The van der Waals surface area contributed by atoms with Crippen LogP contribution in [0.15, 0.2) is 18.2 Å². The lowest BCUT2D eigenvalue weighted by Crippen LogP contribution is -2.19.